The van der Waals surface area contributed by atoms with Gasteiger partial charge in [0.15, 0.2) is 0 Å². The number of para-hydroxylation sites is 1. The lowest BCUT2D eigenvalue weighted by molar-refractivity contribution is -0.123. The number of phenolic OH excluding ortho intramolecular Hbond substituents is 1. The summed E-state index contributed by atoms with van der Waals surface area (Å²) in [5.41, 5.74) is 1.58. The topological polar surface area (TPSA) is 66.8 Å². The highest BCUT2D eigenvalue weighted by Crippen LogP contribution is 2.33. The highest BCUT2D eigenvalue weighted by Gasteiger charge is 2.34. The first-order valence-electron chi connectivity index (χ1n) is 7.77. The fourth-order valence-electron chi connectivity index (χ4n) is 2.40. The summed E-state index contributed by atoms with van der Waals surface area (Å²) in [7, 11) is 0. The van der Waals surface area contributed by atoms with E-state index in [4.69, 9.17) is 4.74 Å². The van der Waals surface area contributed by atoms with Crippen molar-refractivity contribution in [1.29, 1.82) is 0 Å². The van der Waals surface area contributed by atoms with Gasteiger partial charge >= 0.3 is 0 Å². The van der Waals surface area contributed by atoms with E-state index < -0.39 is 0 Å². The Hall–Kier alpha value is -2.73. The molecule has 1 N–H and O–H groups in total. The summed E-state index contributed by atoms with van der Waals surface area (Å²) >= 11 is 0.866. The Balaban J connectivity index is 1.64. The number of ether oxygens (including phenoxy) is 1. The molecule has 0 radical (unpaired) electrons. The molecule has 0 bridgehead atoms. The molecule has 128 valence electrons. The van der Waals surface area contributed by atoms with Crippen molar-refractivity contribution in [3.63, 3.8) is 0 Å². The van der Waals surface area contributed by atoms with Crippen LogP contribution in [-0.2, 0) is 4.79 Å². The van der Waals surface area contributed by atoms with Crippen LogP contribution in [0.3, 0.4) is 0 Å². The van der Waals surface area contributed by atoms with Crippen molar-refractivity contribution < 1.29 is 19.4 Å². The minimum absolute atomic E-state index is 0.0667. The van der Waals surface area contributed by atoms with Gasteiger partial charge in [-0.15, -0.1) is 0 Å². The van der Waals surface area contributed by atoms with Crippen LogP contribution in [0.25, 0.3) is 6.08 Å². The first-order valence-corrected chi connectivity index (χ1v) is 8.59. The predicted octanol–water partition coefficient (Wildman–Crippen LogP) is 3.82. The number of thioether (sulfide) groups is 1. The van der Waals surface area contributed by atoms with Crippen molar-refractivity contribution in [2.24, 2.45) is 0 Å². The molecule has 0 aliphatic carbocycles. The third-order valence-electron chi connectivity index (χ3n) is 3.67. The summed E-state index contributed by atoms with van der Waals surface area (Å²) in [4.78, 5) is 25.9. The van der Waals surface area contributed by atoms with Crippen molar-refractivity contribution in [1.82, 2.24) is 4.90 Å². The van der Waals surface area contributed by atoms with Gasteiger partial charge in [-0.1, -0.05) is 30.3 Å². The van der Waals surface area contributed by atoms with Gasteiger partial charge in [-0.25, -0.2) is 0 Å². The Morgan fingerprint density at radius 2 is 1.96 bits per heavy atom. The molecule has 1 heterocycles. The third kappa shape index (κ3) is 4.03. The molecule has 0 aromatic heterocycles. The fraction of sp³-hybridized carbons (Fsp3) is 0.158. The van der Waals surface area contributed by atoms with E-state index in [-0.39, 0.29) is 30.0 Å². The zero-order valence-electron chi connectivity index (χ0n) is 13.6. The predicted molar refractivity (Wildman–Crippen MR) is 97.5 cm³/mol. The van der Waals surface area contributed by atoms with E-state index in [1.165, 1.54) is 12.1 Å². The molecule has 1 aliphatic heterocycles. The van der Waals surface area contributed by atoms with Gasteiger partial charge in [0.05, 0.1) is 11.4 Å². The molecular weight excluding hydrogens is 338 g/mol. The number of imide groups is 1. The van der Waals surface area contributed by atoms with Crippen LogP contribution in [0, 0.1) is 6.92 Å². The zero-order chi connectivity index (χ0) is 17.8. The molecule has 6 heteroatoms. The number of hydrogen-bond donors (Lipinski definition) is 1. The highest BCUT2D eigenvalue weighted by molar-refractivity contribution is 8.18. The largest absolute Gasteiger partial charge is 0.507 e. The molecule has 2 amide bonds. The molecule has 1 aliphatic rings. The summed E-state index contributed by atoms with van der Waals surface area (Å²) < 4.78 is 5.60. The maximum Gasteiger partial charge on any atom is 0.293 e. The van der Waals surface area contributed by atoms with E-state index >= 15 is 0 Å². The average Bonchev–Trinajstić information content (AvgIpc) is 2.84. The van der Waals surface area contributed by atoms with Crippen LogP contribution in [0.1, 0.15) is 11.1 Å². The molecule has 3 rings (SSSR count). The second-order valence-corrected chi connectivity index (χ2v) is 6.55. The third-order valence-corrected chi connectivity index (χ3v) is 4.58. The zero-order valence-corrected chi connectivity index (χ0v) is 14.5. The molecule has 0 spiro atoms. The smallest absolute Gasteiger partial charge is 0.293 e. The van der Waals surface area contributed by atoms with Gasteiger partial charge < -0.3 is 9.84 Å². The molecule has 0 unspecified atom stereocenters. The number of nitrogens with zero attached hydrogens (tertiary/aromatic N) is 1. The van der Waals surface area contributed by atoms with Crippen LogP contribution in [0.5, 0.6) is 11.5 Å². The molecule has 1 saturated heterocycles. The van der Waals surface area contributed by atoms with Crippen LogP contribution in [0.2, 0.25) is 0 Å². The van der Waals surface area contributed by atoms with Gasteiger partial charge in [-0.05, 0) is 48.5 Å². The van der Waals surface area contributed by atoms with E-state index in [1.807, 2.05) is 31.2 Å². The molecule has 2 aromatic rings. The Labute approximate surface area is 149 Å². The lowest BCUT2D eigenvalue weighted by Crippen LogP contribution is -2.32. The summed E-state index contributed by atoms with van der Waals surface area (Å²) in [6.45, 7) is 2.37. The van der Waals surface area contributed by atoms with Crippen molar-refractivity contribution in [3.8, 4) is 11.5 Å². The number of aryl methyl sites for hydroxylation is 1. The first kappa shape index (κ1) is 17.1. The van der Waals surface area contributed by atoms with Crippen molar-refractivity contribution in [2.45, 2.75) is 6.92 Å². The Kier molecular flexibility index (Phi) is 5.09. The summed E-state index contributed by atoms with van der Waals surface area (Å²) in [6, 6.07) is 14.3. The van der Waals surface area contributed by atoms with E-state index in [0.717, 1.165) is 22.2 Å². The molecule has 0 atom stereocenters. The molecular formula is C19H17NO4S. The molecule has 0 saturated carbocycles. The van der Waals surface area contributed by atoms with Crippen molar-refractivity contribution in [2.75, 3.05) is 13.2 Å². The number of carbonyl (C=O) groups is 2. The molecule has 5 nitrogen and oxygen atoms in total. The summed E-state index contributed by atoms with van der Waals surface area (Å²) in [5.74, 6) is 0.403. The average molecular weight is 355 g/mol. The second kappa shape index (κ2) is 7.44. The van der Waals surface area contributed by atoms with Gasteiger partial charge in [0.1, 0.15) is 18.1 Å². The lowest BCUT2D eigenvalue weighted by atomic mass is 10.2. The maximum absolute atomic E-state index is 12.4. The number of amides is 2. The van der Waals surface area contributed by atoms with E-state index in [0.29, 0.717) is 16.2 Å². The maximum atomic E-state index is 12.4. The quantitative estimate of drug-likeness (QED) is 0.826. The summed E-state index contributed by atoms with van der Waals surface area (Å²) in [6.07, 6.45) is 1.53. The van der Waals surface area contributed by atoms with Gasteiger partial charge in [-0.3, -0.25) is 14.5 Å². The molecule has 2 aromatic carbocycles. The van der Waals surface area contributed by atoms with E-state index in [9.17, 15) is 14.7 Å². The fourth-order valence-corrected chi connectivity index (χ4v) is 3.26. The minimum atomic E-state index is -0.369. The van der Waals surface area contributed by atoms with Crippen molar-refractivity contribution >= 4 is 29.0 Å². The monoisotopic (exact) mass is 355 g/mol. The SMILES string of the molecule is Cc1cccc(OCCN2C(=O)S/C(=C\c3ccccc3O)C2=O)c1. The lowest BCUT2D eigenvalue weighted by Gasteiger charge is -2.13. The normalized spacial score (nSPS) is 15.9. The number of phenols is 1. The van der Waals surface area contributed by atoms with Crippen LogP contribution in [0.15, 0.2) is 53.4 Å². The van der Waals surface area contributed by atoms with Gasteiger partial charge in [0.25, 0.3) is 11.1 Å². The van der Waals surface area contributed by atoms with E-state index in [2.05, 4.69) is 0 Å². The van der Waals surface area contributed by atoms with Crippen LogP contribution in [-0.4, -0.2) is 34.3 Å². The second-order valence-electron chi connectivity index (χ2n) is 5.56. The number of benzene rings is 2. The summed E-state index contributed by atoms with van der Waals surface area (Å²) in [5, 5.41) is 9.46. The molecule has 1 fully saturated rings. The van der Waals surface area contributed by atoms with Gasteiger partial charge in [0.2, 0.25) is 0 Å². The van der Waals surface area contributed by atoms with Gasteiger partial charge in [-0.2, -0.15) is 0 Å². The van der Waals surface area contributed by atoms with Crippen LogP contribution in [0.4, 0.5) is 4.79 Å². The Morgan fingerprint density at radius 1 is 1.16 bits per heavy atom. The number of carbonyl (C=O) groups excluding carboxylic acids is 2. The Bertz CT molecular complexity index is 847. The number of aromatic hydroxyl groups is 1. The minimum Gasteiger partial charge on any atom is -0.507 e. The number of hydrogen-bond acceptors (Lipinski definition) is 5. The number of rotatable bonds is 5. The van der Waals surface area contributed by atoms with Crippen LogP contribution >= 0.6 is 11.8 Å². The molecule has 25 heavy (non-hydrogen) atoms. The van der Waals surface area contributed by atoms with Crippen molar-refractivity contribution in [3.05, 3.63) is 64.6 Å². The van der Waals surface area contributed by atoms with E-state index in [1.54, 1.807) is 18.2 Å². The van der Waals surface area contributed by atoms with Gasteiger partial charge in [0, 0.05) is 5.56 Å². The first-order chi connectivity index (χ1) is 12.0. The van der Waals surface area contributed by atoms with Crippen LogP contribution < -0.4 is 4.74 Å². The highest BCUT2D eigenvalue weighted by atomic mass is 32.2. The standard InChI is InChI=1S/C19H17NO4S/c1-13-5-4-7-15(11-13)24-10-9-20-18(22)17(25-19(20)23)12-14-6-2-3-8-16(14)21/h2-8,11-12,21H,9-10H2,1H3/b17-12-. The Morgan fingerprint density at radius 3 is 2.72 bits per heavy atom.